The normalized spacial score (nSPS) is 19.9. The van der Waals surface area contributed by atoms with Gasteiger partial charge in [0, 0.05) is 30.8 Å². The number of hydrogen-bond donors (Lipinski definition) is 1. The fraction of sp³-hybridized carbons (Fsp3) is 0.500. The summed E-state index contributed by atoms with van der Waals surface area (Å²) in [5, 5.41) is 0. The van der Waals surface area contributed by atoms with Crippen LogP contribution in [-0.2, 0) is 0 Å². The zero-order chi connectivity index (χ0) is 10.8. The average Bonchev–Trinajstić information content (AvgIpc) is 2.29. The lowest BCUT2D eigenvalue weighted by Gasteiger charge is -2.33. The first kappa shape index (κ1) is 10.3. The Kier molecular flexibility index (Phi) is 2.82. The van der Waals surface area contributed by atoms with Crippen molar-refractivity contribution in [1.29, 1.82) is 0 Å². The summed E-state index contributed by atoms with van der Waals surface area (Å²) in [6, 6.07) is 6.19. The fourth-order valence-corrected chi connectivity index (χ4v) is 2.30. The molecule has 0 aliphatic carbocycles. The summed E-state index contributed by atoms with van der Waals surface area (Å²) >= 11 is 0. The van der Waals surface area contributed by atoms with E-state index in [2.05, 4.69) is 18.0 Å². The van der Waals surface area contributed by atoms with Crippen LogP contribution in [0.5, 0.6) is 5.75 Å². The van der Waals surface area contributed by atoms with E-state index >= 15 is 0 Å². The maximum atomic E-state index is 5.81. The van der Waals surface area contributed by atoms with E-state index in [9.17, 15) is 0 Å². The van der Waals surface area contributed by atoms with E-state index in [1.54, 1.807) is 7.11 Å². The van der Waals surface area contributed by atoms with E-state index in [4.69, 9.17) is 10.5 Å². The van der Waals surface area contributed by atoms with Gasteiger partial charge < -0.3 is 15.4 Å². The zero-order valence-electron chi connectivity index (χ0n) is 9.36. The first-order chi connectivity index (χ1) is 7.27. The molecule has 0 saturated heterocycles. The van der Waals surface area contributed by atoms with Crippen LogP contribution < -0.4 is 15.4 Å². The molecular formula is C12H18N2O. The lowest BCUT2D eigenvalue weighted by atomic mass is 9.89. The van der Waals surface area contributed by atoms with Crippen LogP contribution in [0, 0.1) is 0 Å². The molecule has 2 N–H and O–H groups in total. The Morgan fingerprint density at radius 3 is 3.00 bits per heavy atom. The van der Waals surface area contributed by atoms with Crippen LogP contribution in [0.25, 0.3) is 0 Å². The van der Waals surface area contributed by atoms with E-state index in [1.807, 2.05) is 12.1 Å². The summed E-state index contributed by atoms with van der Waals surface area (Å²) < 4.78 is 5.41. The fourth-order valence-electron chi connectivity index (χ4n) is 2.30. The number of ether oxygens (including phenoxy) is 1. The summed E-state index contributed by atoms with van der Waals surface area (Å²) in [4.78, 5) is 2.27. The number of methoxy groups -OCH3 is 1. The van der Waals surface area contributed by atoms with Gasteiger partial charge in [-0.2, -0.15) is 0 Å². The van der Waals surface area contributed by atoms with E-state index < -0.39 is 0 Å². The van der Waals surface area contributed by atoms with Crippen LogP contribution in [0.15, 0.2) is 18.2 Å². The van der Waals surface area contributed by atoms with Gasteiger partial charge >= 0.3 is 0 Å². The Bertz CT molecular complexity index is 351. The molecule has 82 valence electrons. The average molecular weight is 206 g/mol. The predicted molar refractivity (Wildman–Crippen MR) is 62.7 cm³/mol. The largest absolute Gasteiger partial charge is 0.496 e. The van der Waals surface area contributed by atoms with E-state index in [0.717, 1.165) is 18.7 Å². The summed E-state index contributed by atoms with van der Waals surface area (Å²) in [7, 11) is 3.84. The van der Waals surface area contributed by atoms with Crippen molar-refractivity contribution >= 4 is 5.69 Å². The van der Waals surface area contributed by atoms with Crippen molar-refractivity contribution in [2.75, 3.05) is 32.1 Å². The number of rotatable bonds is 2. The Balaban J connectivity index is 2.51. The van der Waals surface area contributed by atoms with Crippen LogP contribution in [0.2, 0.25) is 0 Å². The van der Waals surface area contributed by atoms with Crippen LogP contribution >= 0.6 is 0 Å². The maximum Gasteiger partial charge on any atom is 0.124 e. The molecule has 1 aromatic rings. The topological polar surface area (TPSA) is 38.5 Å². The molecule has 1 unspecified atom stereocenters. The second-order valence-corrected chi connectivity index (χ2v) is 4.04. The van der Waals surface area contributed by atoms with Crippen molar-refractivity contribution < 1.29 is 4.74 Å². The van der Waals surface area contributed by atoms with Crippen LogP contribution in [0.1, 0.15) is 17.9 Å². The SMILES string of the molecule is COc1cccc2c1C(CN)CCN2C. The van der Waals surface area contributed by atoms with Crippen LogP contribution in [0.3, 0.4) is 0 Å². The first-order valence-electron chi connectivity index (χ1n) is 5.36. The van der Waals surface area contributed by atoms with Gasteiger partial charge in [0.2, 0.25) is 0 Å². The van der Waals surface area contributed by atoms with Gasteiger partial charge in [-0.15, -0.1) is 0 Å². The van der Waals surface area contributed by atoms with Gasteiger partial charge in [0.05, 0.1) is 7.11 Å². The van der Waals surface area contributed by atoms with Gasteiger partial charge in [-0.1, -0.05) is 6.07 Å². The minimum Gasteiger partial charge on any atom is -0.496 e. The molecule has 0 saturated carbocycles. The molecule has 0 fully saturated rings. The quantitative estimate of drug-likeness (QED) is 0.798. The molecule has 15 heavy (non-hydrogen) atoms. The second kappa shape index (κ2) is 4.11. The van der Waals surface area contributed by atoms with Gasteiger partial charge in [-0.05, 0) is 25.1 Å². The number of nitrogens with two attached hydrogens (primary N) is 1. The second-order valence-electron chi connectivity index (χ2n) is 4.04. The molecule has 0 amide bonds. The Morgan fingerprint density at radius 1 is 1.53 bits per heavy atom. The number of fused-ring (bicyclic) bond motifs is 1. The molecule has 0 bridgehead atoms. The number of anilines is 1. The molecular weight excluding hydrogens is 188 g/mol. The minimum atomic E-state index is 0.437. The molecule has 3 heteroatoms. The van der Waals surface area contributed by atoms with Crippen molar-refractivity contribution in [2.24, 2.45) is 5.73 Å². The van der Waals surface area contributed by atoms with Crippen molar-refractivity contribution in [3.63, 3.8) is 0 Å². The molecule has 0 aromatic heterocycles. The molecule has 1 heterocycles. The van der Waals surface area contributed by atoms with Gasteiger partial charge in [0.15, 0.2) is 0 Å². The maximum absolute atomic E-state index is 5.81. The van der Waals surface area contributed by atoms with Gasteiger partial charge in [0.25, 0.3) is 0 Å². The lowest BCUT2D eigenvalue weighted by molar-refractivity contribution is 0.402. The monoisotopic (exact) mass is 206 g/mol. The third-order valence-corrected chi connectivity index (χ3v) is 3.18. The highest BCUT2D eigenvalue weighted by Crippen LogP contribution is 2.39. The summed E-state index contributed by atoms with van der Waals surface area (Å²) in [6.07, 6.45) is 1.11. The summed E-state index contributed by atoms with van der Waals surface area (Å²) in [5.41, 5.74) is 8.35. The first-order valence-corrected chi connectivity index (χ1v) is 5.36. The Labute approximate surface area is 90.8 Å². The van der Waals surface area contributed by atoms with Gasteiger partial charge in [-0.25, -0.2) is 0 Å². The van der Waals surface area contributed by atoms with E-state index in [-0.39, 0.29) is 0 Å². The number of nitrogens with zero attached hydrogens (tertiary/aromatic N) is 1. The molecule has 1 aliphatic rings. The Morgan fingerprint density at radius 2 is 2.33 bits per heavy atom. The number of hydrogen-bond acceptors (Lipinski definition) is 3. The zero-order valence-corrected chi connectivity index (χ0v) is 9.36. The minimum absolute atomic E-state index is 0.437. The Hall–Kier alpha value is -1.22. The third-order valence-electron chi connectivity index (χ3n) is 3.18. The predicted octanol–water partition coefficient (Wildman–Crippen LogP) is 1.58. The number of benzene rings is 1. The highest BCUT2D eigenvalue weighted by Gasteiger charge is 2.25. The molecule has 3 nitrogen and oxygen atoms in total. The lowest BCUT2D eigenvalue weighted by Crippen LogP contribution is -2.30. The van der Waals surface area contributed by atoms with E-state index in [0.29, 0.717) is 12.5 Å². The van der Waals surface area contributed by atoms with Crippen molar-refractivity contribution in [1.82, 2.24) is 0 Å². The highest BCUT2D eigenvalue weighted by atomic mass is 16.5. The van der Waals surface area contributed by atoms with Gasteiger partial charge in [-0.3, -0.25) is 0 Å². The van der Waals surface area contributed by atoms with Gasteiger partial charge in [0.1, 0.15) is 5.75 Å². The van der Waals surface area contributed by atoms with Crippen LogP contribution in [0.4, 0.5) is 5.69 Å². The molecule has 1 atom stereocenters. The van der Waals surface area contributed by atoms with Crippen molar-refractivity contribution in [3.05, 3.63) is 23.8 Å². The van der Waals surface area contributed by atoms with E-state index in [1.165, 1.54) is 11.3 Å². The molecule has 2 rings (SSSR count). The smallest absolute Gasteiger partial charge is 0.124 e. The van der Waals surface area contributed by atoms with Crippen molar-refractivity contribution in [3.8, 4) is 5.75 Å². The summed E-state index contributed by atoms with van der Waals surface area (Å²) in [6.45, 7) is 1.77. The highest BCUT2D eigenvalue weighted by molar-refractivity contribution is 5.62. The standard InChI is InChI=1S/C12H18N2O/c1-14-7-6-9(8-13)12-10(14)4-3-5-11(12)15-2/h3-5,9H,6-8,13H2,1-2H3. The summed E-state index contributed by atoms with van der Waals surface area (Å²) in [5.74, 6) is 1.40. The molecule has 1 aromatic carbocycles. The van der Waals surface area contributed by atoms with Crippen LogP contribution in [-0.4, -0.2) is 27.2 Å². The third kappa shape index (κ3) is 1.67. The molecule has 0 radical (unpaired) electrons. The molecule has 1 aliphatic heterocycles. The molecule has 0 spiro atoms. The van der Waals surface area contributed by atoms with Crippen molar-refractivity contribution in [2.45, 2.75) is 12.3 Å².